The second kappa shape index (κ2) is 6.39. The molecule has 2 fully saturated rings. The van der Waals surface area contributed by atoms with Crippen LogP contribution in [0.5, 0.6) is 11.5 Å². The van der Waals surface area contributed by atoms with Crippen LogP contribution in [0.1, 0.15) is 31.2 Å². The van der Waals surface area contributed by atoms with Crippen molar-refractivity contribution in [2.24, 2.45) is 5.41 Å². The molecular weight excluding hydrogens is 368 g/mol. The standard InChI is InChI=1S/C23H30N2O4/c1-24-17-8-10-22(14-18(26)28-3)9-5-12-25-13-11-23(17,21(22)25)15-6-7-16(27-2)20(29-4)19(15)24/h6-8,10,17,21H,5,9,11-14H2,1-4H3/t17-,21-,22-,23-/m1/s1. The minimum absolute atomic E-state index is 0.0488. The van der Waals surface area contributed by atoms with E-state index in [-0.39, 0.29) is 22.8 Å². The fourth-order valence-corrected chi connectivity index (χ4v) is 7.00. The molecule has 0 radical (unpaired) electrons. The summed E-state index contributed by atoms with van der Waals surface area (Å²) < 4.78 is 16.5. The number of esters is 1. The van der Waals surface area contributed by atoms with E-state index in [1.165, 1.54) is 12.7 Å². The summed E-state index contributed by atoms with van der Waals surface area (Å²) in [6.45, 7) is 2.16. The number of likely N-dealkylation sites (N-methyl/N-ethyl adjacent to an activating group) is 1. The highest BCUT2D eigenvalue weighted by Gasteiger charge is 2.67. The number of carbonyl (C=O) groups is 1. The number of fused-ring (bicyclic) bond motifs is 1. The molecule has 0 bridgehead atoms. The van der Waals surface area contributed by atoms with Gasteiger partial charge >= 0.3 is 5.97 Å². The van der Waals surface area contributed by atoms with Crippen molar-refractivity contribution in [3.8, 4) is 11.5 Å². The number of ether oxygens (including phenoxy) is 3. The highest BCUT2D eigenvalue weighted by molar-refractivity contribution is 5.78. The molecule has 6 heteroatoms. The second-order valence-corrected chi connectivity index (χ2v) is 8.93. The third kappa shape index (κ3) is 2.24. The lowest BCUT2D eigenvalue weighted by Crippen LogP contribution is -2.62. The normalized spacial score (nSPS) is 34.4. The summed E-state index contributed by atoms with van der Waals surface area (Å²) in [5, 5.41) is 0. The largest absolute Gasteiger partial charge is 0.493 e. The monoisotopic (exact) mass is 398 g/mol. The highest BCUT2D eigenvalue weighted by Crippen LogP contribution is 2.65. The summed E-state index contributed by atoms with van der Waals surface area (Å²) in [7, 11) is 7.05. The van der Waals surface area contributed by atoms with Crippen molar-refractivity contribution >= 4 is 11.7 Å². The van der Waals surface area contributed by atoms with Crippen molar-refractivity contribution in [1.82, 2.24) is 4.90 Å². The molecule has 29 heavy (non-hydrogen) atoms. The van der Waals surface area contributed by atoms with E-state index < -0.39 is 0 Å². The fraction of sp³-hybridized carbons (Fsp3) is 0.609. The lowest BCUT2D eigenvalue weighted by Gasteiger charge is -2.55. The van der Waals surface area contributed by atoms with E-state index in [0.717, 1.165) is 49.5 Å². The van der Waals surface area contributed by atoms with Gasteiger partial charge in [-0.05, 0) is 44.0 Å². The summed E-state index contributed by atoms with van der Waals surface area (Å²) in [5.41, 5.74) is 2.24. The Kier molecular flexibility index (Phi) is 4.14. The third-order valence-electron chi connectivity index (χ3n) is 7.93. The van der Waals surface area contributed by atoms with Crippen LogP contribution >= 0.6 is 0 Å². The van der Waals surface area contributed by atoms with Crippen molar-refractivity contribution in [2.75, 3.05) is 46.4 Å². The summed E-state index contributed by atoms with van der Waals surface area (Å²) in [6, 6.07) is 4.80. The van der Waals surface area contributed by atoms with Crippen molar-refractivity contribution in [2.45, 2.75) is 43.2 Å². The van der Waals surface area contributed by atoms with Crippen LogP contribution in [-0.2, 0) is 14.9 Å². The summed E-state index contributed by atoms with van der Waals surface area (Å²) in [4.78, 5) is 17.4. The van der Waals surface area contributed by atoms with Crippen LogP contribution in [0, 0.1) is 5.41 Å². The number of nitrogens with zero attached hydrogens (tertiary/aromatic N) is 2. The molecule has 0 N–H and O–H groups in total. The first-order chi connectivity index (χ1) is 14.0. The molecule has 5 rings (SSSR count). The lowest BCUT2D eigenvalue weighted by molar-refractivity contribution is -0.145. The second-order valence-electron chi connectivity index (χ2n) is 8.93. The molecule has 0 saturated carbocycles. The fourth-order valence-electron chi connectivity index (χ4n) is 7.00. The first-order valence-corrected chi connectivity index (χ1v) is 10.5. The quantitative estimate of drug-likeness (QED) is 0.574. The number of rotatable bonds is 4. The van der Waals surface area contributed by atoms with E-state index >= 15 is 0 Å². The zero-order valence-electron chi connectivity index (χ0n) is 17.7. The Labute approximate surface area is 172 Å². The van der Waals surface area contributed by atoms with Crippen LogP contribution in [0.25, 0.3) is 0 Å². The van der Waals surface area contributed by atoms with E-state index in [1.54, 1.807) is 14.2 Å². The van der Waals surface area contributed by atoms with Gasteiger partial charge in [0.2, 0.25) is 0 Å². The van der Waals surface area contributed by atoms with E-state index in [2.05, 4.69) is 35.1 Å². The van der Waals surface area contributed by atoms with Gasteiger partial charge in [-0.2, -0.15) is 0 Å². The molecule has 6 nitrogen and oxygen atoms in total. The Bertz CT molecular complexity index is 884. The van der Waals surface area contributed by atoms with Crippen LogP contribution in [0.2, 0.25) is 0 Å². The van der Waals surface area contributed by atoms with Gasteiger partial charge in [0.05, 0.1) is 39.5 Å². The molecule has 0 amide bonds. The first kappa shape index (κ1) is 18.8. The molecule has 3 aliphatic heterocycles. The van der Waals surface area contributed by atoms with Gasteiger partial charge < -0.3 is 19.1 Å². The Balaban J connectivity index is 1.72. The number of hydrogen-bond acceptors (Lipinski definition) is 6. The van der Waals surface area contributed by atoms with Crippen molar-refractivity contribution in [1.29, 1.82) is 0 Å². The minimum Gasteiger partial charge on any atom is -0.493 e. The van der Waals surface area contributed by atoms with Gasteiger partial charge in [0.25, 0.3) is 0 Å². The van der Waals surface area contributed by atoms with Crippen molar-refractivity contribution in [3.63, 3.8) is 0 Å². The van der Waals surface area contributed by atoms with E-state index in [1.807, 2.05) is 6.07 Å². The number of hydrogen-bond donors (Lipinski definition) is 0. The maximum absolute atomic E-state index is 12.4. The van der Waals surface area contributed by atoms with Crippen LogP contribution < -0.4 is 14.4 Å². The highest BCUT2D eigenvalue weighted by atomic mass is 16.5. The Hall–Kier alpha value is -2.21. The van der Waals surface area contributed by atoms with Gasteiger partial charge in [-0.25, -0.2) is 0 Å². The van der Waals surface area contributed by atoms with E-state index in [9.17, 15) is 4.79 Å². The molecule has 2 saturated heterocycles. The zero-order valence-corrected chi connectivity index (χ0v) is 17.7. The van der Waals surface area contributed by atoms with Gasteiger partial charge in [-0.15, -0.1) is 0 Å². The molecule has 0 unspecified atom stereocenters. The average molecular weight is 399 g/mol. The Morgan fingerprint density at radius 2 is 2.00 bits per heavy atom. The maximum atomic E-state index is 12.4. The van der Waals surface area contributed by atoms with Gasteiger partial charge in [0.15, 0.2) is 11.5 Å². The summed E-state index contributed by atoms with van der Waals surface area (Å²) >= 11 is 0. The van der Waals surface area contributed by atoms with Crippen LogP contribution in [0.15, 0.2) is 24.3 Å². The molecule has 3 heterocycles. The predicted octanol–water partition coefficient (Wildman–Crippen LogP) is 2.75. The number of benzene rings is 1. The van der Waals surface area contributed by atoms with Crippen LogP contribution in [0.3, 0.4) is 0 Å². The molecule has 4 aliphatic rings. The van der Waals surface area contributed by atoms with Crippen molar-refractivity contribution < 1.29 is 19.0 Å². The molecule has 4 atom stereocenters. The first-order valence-electron chi connectivity index (χ1n) is 10.5. The van der Waals surface area contributed by atoms with Gasteiger partial charge in [-0.3, -0.25) is 9.69 Å². The zero-order chi connectivity index (χ0) is 20.4. The minimum atomic E-state index is -0.173. The number of anilines is 1. The molecule has 1 aliphatic carbocycles. The molecule has 1 aromatic rings. The molecule has 1 aromatic carbocycles. The van der Waals surface area contributed by atoms with Gasteiger partial charge in [0, 0.05) is 23.9 Å². The Morgan fingerprint density at radius 1 is 1.17 bits per heavy atom. The van der Waals surface area contributed by atoms with Gasteiger partial charge in [-0.1, -0.05) is 18.2 Å². The summed E-state index contributed by atoms with van der Waals surface area (Å²) in [5.74, 6) is 1.45. The predicted molar refractivity (Wildman–Crippen MR) is 111 cm³/mol. The van der Waals surface area contributed by atoms with E-state index in [4.69, 9.17) is 14.2 Å². The van der Waals surface area contributed by atoms with Crippen LogP contribution in [-0.4, -0.2) is 64.4 Å². The average Bonchev–Trinajstić information content (AvgIpc) is 3.25. The molecule has 1 spiro atoms. The summed E-state index contributed by atoms with van der Waals surface area (Å²) in [6.07, 6.45) is 8.36. The van der Waals surface area contributed by atoms with Crippen molar-refractivity contribution in [3.05, 3.63) is 29.8 Å². The van der Waals surface area contributed by atoms with Gasteiger partial charge in [0.1, 0.15) is 0 Å². The smallest absolute Gasteiger partial charge is 0.306 e. The third-order valence-corrected chi connectivity index (χ3v) is 7.93. The topological polar surface area (TPSA) is 51.2 Å². The van der Waals surface area contributed by atoms with Crippen LogP contribution in [0.4, 0.5) is 5.69 Å². The molecular formula is C23H30N2O4. The maximum Gasteiger partial charge on any atom is 0.306 e. The molecule has 0 aromatic heterocycles. The Morgan fingerprint density at radius 3 is 2.72 bits per heavy atom. The SMILES string of the molecule is COC(=O)C[C@]12C=C[C@H]3N(C)c4c(ccc(OC)c4OC)[C@]34CCN(CCC1)[C@H]24. The lowest BCUT2D eigenvalue weighted by atomic mass is 9.55. The molecule has 156 valence electrons. The van der Waals surface area contributed by atoms with E-state index in [0.29, 0.717) is 12.5 Å². The number of carbonyl (C=O) groups excluding carboxylic acids is 1. The number of methoxy groups -OCH3 is 3. The number of piperidine rings is 1.